The smallest absolute Gasteiger partial charge is 0.262 e. The molecule has 1 N–H and O–H groups in total. The first kappa shape index (κ1) is 11.3. The number of aryl methyl sites for hydroxylation is 1. The van der Waals surface area contributed by atoms with Crippen molar-refractivity contribution in [1.82, 2.24) is 20.1 Å². The van der Waals surface area contributed by atoms with E-state index in [0.717, 1.165) is 5.69 Å². The number of nitrogens with zero attached hydrogens (tertiary/aromatic N) is 4. The van der Waals surface area contributed by atoms with E-state index in [1.807, 2.05) is 19.1 Å². The monoisotopic (exact) mass is 254 g/mol. The summed E-state index contributed by atoms with van der Waals surface area (Å²) in [7, 11) is 0. The molecule has 94 valence electrons. The molecule has 0 radical (unpaired) electrons. The summed E-state index contributed by atoms with van der Waals surface area (Å²) >= 11 is 0. The fraction of sp³-hybridized carbons (Fsp3) is 0.0769. The van der Waals surface area contributed by atoms with Gasteiger partial charge < -0.3 is 9.63 Å². The molecule has 0 atom stereocenters. The number of aromatic nitrogens is 4. The summed E-state index contributed by atoms with van der Waals surface area (Å²) in [5.41, 5.74) is 1.94. The van der Waals surface area contributed by atoms with E-state index in [1.165, 1.54) is 6.20 Å². The molecule has 6 heteroatoms. The zero-order chi connectivity index (χ0) is 13.2. The first-order valence-corrected chi connectivity index (χ1v) is 5.65. The molecule has 0 unspecified atom stereocenters. The number of hydrogen-bond acceptors (Lipinski definition) is 6. The highest BCUT2D eigenvalue weighted by atomic mass is 16.5. The Morgan fingerprint density at radius 2 is 2.05 bits per heavy atom. The van der Waals surface area contributed by atoms with Gasteiger partial charge in [-0.3, -0.25) is 4.98 Å². The maximum Gasteiger partial charge on any atom is 0.262 e. The Morgan fingerprint density at radius 1 is 1.16 bits per heavy atom. The first-order chi connectivity index (χ1) is 9.24. The zero-order valence-corrected chi connectivity index (χ0v) is 10.1. The lowest BCUT2D eigenvalue weighted by Crippen LogP contribution is -1.88. The minimum absolute atomic E-state index is 0.00472. The van der Waals surface area contributed by atoms with Gasteiger partial charge in [0.2, 0.25) is 5.82 Å². The van der Waals surface area contributed by atoms with E-state index in [1.54, 1.807) is 18.3 Å². The van der Waals surface area contributed by atoms with Gasteiger partial charge >= 0.3 is 0 Å². The van der Waals surface area contributed by atoms with Crippen molar-refractivity contribution in [2.45, 2.75) is 6.92 Å². The molecule has 0 bridgehead atoms. The molecule has 0 amide bonds. The van der Waals surface area contributed by atoms with Gasteiger partial charge in [0, 0.05) is 11.9 Å². The highest BCUT2D eigenvalue weighted by Gasteiger charge is 2.14. The van der Waals surface area contributed by atoms with Gasteiger partial charge in [0.25, 0.3) is 5.89 Å². The Kier molecular flexibility index (Phi) is 2.68. The summed E-state index contributed by atoms with van der Waals surface area (Å²) < 4.78 is 5.14. The van der Waals surface area contributed by atoms with Crippen LogP contribution in [0.5, 0.6) is 5.75 Å². The summed E-state index contributed by atoms with van der Waals surface area (Å²) in [5, 5.41) is 13.5. The minimum atomic E-state index is -0.00472. The molecule has 3 heterocycles. The molecule has 0 saturated carbocycles. The molecular formula is C13H10N4O2. The average molecular weight is 254 g/mol. The molecular weight excluding hydrogens is 244 g/mol. The Labute approximate surface area is 108 Å². The SMILES string of the molecule is Cc1cccc(-c2noc(-c3ccncc3O)n2)n1. The van der Waals surface area contributed by atoms with Gasteiger partial charge in [-0.25, -0.2) is 4.98 Å². The number of aromatic hydroxyl groups is 1. The van der Waals surface area contributed by atoms with Crippen LogP contribution in [0.1, 0.15) is 5.69 Å². The van der Waals surface area contributed by atoms with Crippen molar-refractivity contribution < 1.29 is 9.63 Å². The van der Waals surface area contributed by atoms with E-state index in [9.17, 15) is 5.11 Å². The Morgan fingerprint density at radius 3 is 2.84 bits per heavy atom. The van der Waals surface area contributed by atoms with Gasteiger partial charge in [0.1, 0.15) is 11.4 Å². The van der Waals surface area contributed by atoms with Crippen molar-refractivity contribution in [3.8, 4) is 28.7 Å². The molecule has 3 rings (SSSR count). The van der Waals surface area contributed by atoms with Crippen LogP contribution in [-0.4, -0.2) is 25.2 Å². The predicted molar refractivity (Wildman–Crippen MR) is 67.2 cm³/mol. The maximum atomic E-state index is 9.68. The normalized spacial score (nSPS) is 10.6. The lowest BCUT2D eigenvalue weighted by Gasteiger charge is -1.96. The van der Waals surface area contributed by atoms with E-state index >= 15 is 0 Å². The van der Waals surface area contributed by atoms with Gasteiger partial charge in [0.15, 0.2) is 0 Å². The number of rotatable bonds is 2. The quantitative estimate of drug-likeness (QED) is 0.754. The standard InChI is InChI=1S/C13H10N4O2/c1-8-3-2-4-10(15-8)12-16-13(19-17-12)9-5-6-14-7-11(9)18/h2-7,18H,1H3. The largest absolute Gasteiger partial charge is 0.505 e. The topological polar surface area (TPSA) is 84.9 Å². The number of hydrogen-bond donors (Lipinski definition) is 1. The fourth-order valence-electron chi connectivity index (χ4n) is 1.67. The summed E-state index contributed by atoms with van der Waals surface area (Å²) in [4.78, 5) is 12.3. The van der Waals surface area contributed by atoms with Gasteiger partial charge in [-0.2, -0.15) is 4.98 Å². The van der Waals surface area contributed by atoms with E-state index in [0.29, 0.717) is 17.1 Å². The lowest BCUT2D eigenvalue weighted by molar-refractivity contribution is 0.425. The molecule has 0 aliphatic rings. The summed E-state index contributed by atoms with van der Waals surface area (Å²) in [6, 6.07) is 7.17. The fourth-order valence-corrected chi connectivity index (χ4v) is 1.67. The Bertz CT molecular complexity index is 724. The molecule has 0 aliphatic heterocycles. The maximum absolute atomic E-state index is 9.68. The van der Waals surface area contributed by atoms with Crippen LogP contribution in [0, 0.1) is 6.92 Å². The van der Waals surface area contributed by atoms with Gasteiger partial charge in [-0.15, -0.1) is 0 Å². The predicted octanol–water partition coefficient (Wildman–Crippen LogP) is 2.21. The summed E-state index contributed by atoms with van der Waals surface area (Å²) in [6.45, 7) is 1.89. The second-order valence-electron chi connectivity index (χ2n) is 3.98. The molecule has 3 aromatic heterocycles. The molecule has 0 fully saturated rings. The van der Waals surface area contributed by atoms with Crippen molar-refractivity contribution in [1.29, 1.82) is 0 Å². The summed E-state index contributed by atoms with van der Waals surface area (Å²) in [5.74, 6) is 0.614. The molecule has 0 aliphatic carbocycles. The molecule has 0 spiro atoms. The molecule has 6 nitrogen and oxygen atoms in total. The van der Waals surface area contributed by atoms with Crippen LogP contribution in [0.15, 0.2) is 41.2 Å². The van der Waals surface area contributed by atoms with Crippen molar-refractivity contribution >= 4 is 0 Å². The van der Waals surface area contributed by atoms with Crippen LogP contribution in [0.3, 0.4) is 0 Å². The lowest BCUT2D eigenvalue weighted by atomic mass is 10.2. The second kappa shape index (κ2) is 4.49. The zero-order valence-electron chi connectivity index (χ0n) is 10.1. The highest BCUT2D eigenvalue weighted by Crippen LogP contribution is 2.27. The van der Waals surface area contributed by atoms with Crippen LogP contribution in [0.25, 0.3) is 23.0 Å². The Hall–Kier alpha value is -2.76. The van der Waals surface area contributed by atoms with Crippen molar-refractivity contribution in [3.05, 3.63) is 42.4 Å². The van der Waals surface area contributed by atoms with Crippen LogP contribution in [0.4, 0.5) is 0 Å². The first-order valence-electron chi connectivity index (χ1n) is 5.65. The average Bonchev–Trinajstić information content (AvgIpc) is 2.89. The van der Waals surface area contributed by atoms with Crippen molar-refractivity contribution in [3.63, 3.8) is 0 Å². The van der Waals surface area contributed by atoms with Crippen molar-refractivity contribution in [2.24, 2.45) is 0 Å². The number of pyridine rings is 2. The van der Waals surface area contributed by atoms with E-state index in [-0.39, 0.29) is 11.6 Å². The van der Waals surface area contributed by atoms with Crippen LogP contribution >= 0.6 is 0 Å². The molecule has 0 aromatic carbocycles. The van der Waals surface area contributed by atoms with Gasteiger partial charge in [-0.1, -0.05) is 11.2 Å². The van der Waals surface area contributed by atoms with E-state index < -0.39 is 0 Å². The third kappa shape index (κ3) is 2.15. The van der Waals surface area contributed by atoms with Gasteiger partial charge in [0.05, 0.1) is 11.8 Å². The Balaban J connectivity index is 2.03. The molecule has 0 saturated heterocycles. The second-order valence-corrected chi connectivity index (χ2v) is 3.98. The van der Waals surface area contributed by atoms with Crippen LogP contribution in [0.2, 0.25) is 0 Å². The molecule has 3 aromatic rings. The third-order valence-electron chi connectivity index (χ3n) is 2.57. The van der Waals surface area contributed by atoms with Gasteiger partial charge in [-0.05, 0) is 25.1 Å². The van der Waals surface area contributed by atoms with E-state index in [4.69, 9.17) is 4.52 Å². The third-order valence-corrected chi connectivity index (χ3v) is 2.57. The van der Waals surface area contributed by atoms with Crippen LogP contribution < -0.4 is 0 Å². The van der Waals surface area contributed by atoms with Crippen molar-refractivity contribution in [2.75, 3.05) is 0 Å². The highest BCUT2D eigenvalue weighted by molar-refractivity contribution is 5.62. The molecule has 19 heavy (non-hydrogen) atoms. The summed E-state index contributed by atoms with van der Waals surface area (Å²) in [6.07, 6.45) is 2.87. The van der Waals surface area contributed by atoms with Crippen LogP contribution in [-0.2, 0) is 0 Å². The van der Waals surface area contributed by atoms with E-state index in [2.05, 4.69) is 20.1 Å². The minimum Gasteiger partial charge on any atom is -0.505 e.